The van der Waals surface area contributed by atoms with Gasteiger partial charge in [-0.25, -0.2) is 0 Å². The third-order valence-corrected chi connectivity index (χ3v) is 2.64. The summed E-state index contributed by atoms with van der Waals surface area (Å²) >= 11 is 0. The lowest BCUT2D eigenvalue weighted by atomic mass is 9.96. The second-order valence-corrected chi connectivity index (χ2v) is 5.61. The average molecular weight is 268 g/mol. The number of amides is 1. The highest BCUT2D eigenvalue weighted by atomic mass is 16.5. The van der Waals surface area contributed by atoms with Crippen molar-refractivity contribution >= 4 is 5.91 Å². The van der Waals surface area contributed by atoms with Crippen LogP contribution in [0.15, 0.2) is 4.52 Å². The van der Waals surface area contributed by atoms with Gasteiger partial charge in [0.05, 0.1) is 0 Å². The minimum atomic E-state index is -0.110. The number of hydrogen-bond donors (Lipinski definition) is 2. The van der Waals surface area contributed by atoms with Gasteiger partial charge in [0.1, 0.15) is 0 Å². The Kier molecular flexibility index (Phi) is 5.95. The van der Waals surface area contributed by atoms with Crippen molar-refractivity contribution in [1.29, 1.82) is 0 Å². The number of nitrogens with zero attached hydrogens (tertiary/aromatic N) is 2. The molecular weight excluding hydrogens is 244 g/mol. The SMILES string of the molecule is CC(C)(C)c1noc(CCCC(=O)NCCCN)n1. The summed E-state index contributed by atoms with van der Waals surface area (Å²) in [7, 11) is 0. The van der Waals surface area contributed by atoms with Crippen molar-refractivity contribution in [2.24, 2.45) is 5.73 Å². The first-order valence-electron chi connectivity index (χ1n) is 6.73. The fourth-order valence-electron chi connectivity index (χ4n) is 1.48. The third-order valence-electron chi connectivity index (χ3n) is 2.64. The van der Waals surface area contributed by atoms with Crippen LogP contribution < -0.4 is 11.1 Å². The zero-order valence-electron chi connectivity index (χ0n) is 12.0. The van der Waals surface area contributed by atoms with Crippen molar-refractivity contribution in [2.75, 3.05) is 13.1 Å². The van der Waals surface area contributed by atoms with Crippen molar-refractivity contribution in [3.8, 4) is 0 Å². The van der Waals surface area contributed by atoms with E-state index in [1.165, 1.54) is 0 Å². The lowest BCUT2D eigenvalue weighted by Gasteiger charge is -2.10. The standard InChI is InChI=1S/C13H24N4O2/c1-13(2,3)12-16-11(19-17-12)7-4-6-10(18)15-9-5-8-14/h4-9,14H2,1-3H3,(H,15,18). The molecule has 0 unspecified atom stereocenters. The highest BCUT2D eigenvalue weighted by Gasteiger charge is 2.20. The van der Waals surface area contributed by atoms with E-state index in [9.17, 15) is 4.79 Å². The van der Waals surface area contributed by atoms with Crippen LogP contribution in [0.3, 0.4) is 0 Å². The van der Waals surface area contributed by atoms with E-state index in [2.05, 4.69) is 15.5 Å². The largest absolute Gasteiger partial charge is 0.356 e. The van der Waals surface area contributed by atoms with Gasteiger partial charge in [-0.05, 0) is 19.4 Å². The van der Waals surface area contributed by atoms with E-state index in [1.54, 1.807) is 0 Å². The van der Waals surface area contributed by atoms with E-state index in [4.69, 9.17) is 10.3 Å². The molecule has 0 bridgehead atoms. The third kappa shape index (κ3) is 5.83. The normalized spacial score (nSPS) is 11.6. The molecule has 3 N–H and O–H groups in total. The monoisotopic (exact) mass is 268 g/mol. The van der Waals surface area contributed by atoms with Crippen molar-refractivity contribution < 1.29 is 9.32 Å². The molecule has 0 saturated heterocycles. The Morgan fingerprint density at radius 2 is 2.11 bits per heavy atom. The Balaban J connectivity index is 2.26. The Hall–Kier alpha value is -1.43. The summed E-state index contributed by atoms with van der Waals surface area (Å²) in [6, 6.07) is 0. The van der Waals surface area contributed by atoms with Gasteiger partial charge in [-0.3, -0.25) is 4.79 Å². The van der Waals surface area contributed by atoms with Crippen molar-refractivity contribution in [2.45, 2.75) is 51.9 Å². The molecule has 1 heterocycles. The summed E-state index contributed by atoms with van der Waals surface area (Å²) < 4.78 is 5.16. The molecule has 0 aromatic carbocycles. The molecule has 0 aliphatic carbocycles. The molecule has 0 atom stereocenters. The zero-order chi connectivity index (χ0) is 14.3. The van der Waals surface area contributed by atoms with Gasteiger partial charge in [0, 0.05) is 24.8 Å². The number of carbonyl (C=O) groups is 1. The van der Waals surface area contributed by atoms with Crippen LogP contribution in [0, 0.1) is 0 Å². The molecule has 0 aliphatic heterocycles. The van der Waals surface area contributed by atoms with Gasteiger partial charge in [-0.2, -0.15) is 4.98 Å². The van der Waals surface area contributed by atoms with Crippen LogP contribution in [-0.2, 0) is 16.6 Å². The van der Waals surface area contributed by atoms with E-state index in [1.807, 2.05) is 20.8 Å². The summed E-state index contributed by atoms with van der Waals surface area (Å²) in [5, 5.41) is 6.76. The van der Waals surface area contributed by atoms with E-state index < -0.39 is 0 Å². The number of rotatable bonds is 7. The van der Waals surface area contributed by atoms with Gasteiger partial charge in [0.25, 0.3) is 0 Å². The molecule has 0 fully saturated rings. The van der Waals surface area contributed by atoms with Gasteiger partial charge in [0.15, 0.2) is 5.82 Å². The van der Waals surface area contributed by atoms with Gasteiger partial charge < -0.3 is 15.6 Å². The number of nitrogens with two attached hydrogens (primary N) is 1. The second kappa shape index (κ2) is 7.23. The summed E-state index contributed by atoms with van der Waals surface area (Å²) in [6.45, 7) is 7.34. The van der Waals surface area contributed by atoms with Gasteiger partial charge in [-0.15, -0.1) is 0 Å². The van der Waals surface area contributed by atoms with Crippen LogP contribution in [-0.4, -0.2) is 29.1 Å². The lowest BCUT2D eigenvalue weighted by Crippen LogP contribution is -2.25. The number of nitrogens with one attached hydrogen (secondary N) is 1. The molecule has 6 heteroatoms. The Morgan fingerprint density at radius 1 is 1.37 bits per heavy atom. The highest BCUT2D eigenvalue weighted by Crippen LogP contribution is 2.18. The maximum absolute atomic E-state index is 11.5. The Labute approximate surface area is 114 Å². The summed E-state index contributed by atoms with van der Waals surface area (Å²) in [4.78, 5) is 15.8. The second-order valence-electron chi connectivity index (χ2n) is 5.61. The fourth-order valence-corrected chi connectivity index (χ4v) is 1.48. The molecule has 19 heavy (non-hydrogen) atoms. The van der Waals surface area contributed by atoms with Gasteiger partial charge in [-0.1, -0.05) is 25.9 Å². The molecule has 6 nitrogen and oxygen atoms in total. The lowest BCUT2D eigenvalue weighted by molar-refractivity contribution is -0.121. The predicted molar refractivity (Wildman–Crippen MR) is 72.6 cm³/mol. The quantitative estimate of drug-likeness (QED) is 0.724. The number of aryl methyl sites for hydroxylation is 1. The maximum Gasteiger partial charge on any atom is 0.226 e. The molecule has 1 aromatic heterocycles. The van der Waals surface area contributed by atoms with Gasteiger partial charge >= 0.3 is 0 Å². The van der Waals surface area contributed by atoms with Crippen molar-refractivity contribution in [3.05, 3.63) is 11.7 Å². The summed E-state index contributed by atoms with van der Waals surface area (Å²) in [5.74, 6) is 1.35. The minimum absolute atomic E-state index is 0.0454. The van der Waals surface area contributed by atoms with Crippen LogP contribution in [0.25, 0.3) is 0 Å². The fraction of sp³-hybridized carbons (Fsp3) is 0.769. The Morgan fingerprint density at radius 3 is 2.68 bits per heavy atom. The van der Waals surface area contributed by atoms with Gasteiger partial charge in [0.2, 0.25) is 11.8 Å². The topological polar surface area (TPSA) is 94.0 Å². The molecule has 1 aromatic rings. The Bertz CT molecular complexity index is 396. The van der Waals surface area contributed by atoms with E-state index in [-0.39, 0.29) is 11.3 Å². The first kappa shape index (κ1) is 15.6. The molecular formula is C13H24N4O2. The van der Waals surface area contributed by atoms with E-state index in [0.717, 1.165) is 6.42 Å². The smallest absolute Gasteiger partial charge is 0.226 e. The molecule has 108 valence electrons. The van der Waals surface area contributed by atoms with Crippen LogP contribution in [0.5, 0.6) is 0 Å². The van der Waals surface area contributed by atoms with Crippen molar-refractivity contribution in [3.63, 3.8) is 0 Å². The van der Waals surface area contributed by atoms with Crippen LogP contribution in [0.2, 0.25) is 0 Å². The average Bonchev–Trinajstić information content (AvgIpc) is 2.78. The number of hydrogen-bond acceptors (Lipinski definition) is 5. The van der Waals surface area contributed by atoms with E-state index >= 15 is 0 Å². The zero-order valence-corrected chi connectivity index (χ0v) is 12.0. The number of aromatic nitrogens is 2. The molecule has 1 rings (SSSR count). The first-order valence-corrected chi connectivity index (χ1v) is 6.73. The van der Waals surface area contributed by atoms with Crippen LogP contribution >= 0.6 is 0 Å². The van der Waals surface area contributed by atoms with Crippen LogP contribution in [0.1, 0.15) is 51.7 Å². The molecule has 0 radical (unpaired) electrons. The molecule has 0 aliphatic rings. The highest BCUT2D eigenvalue weighted by molar-refractivity contribution is 5.75. The summed E-state index contributed by atoms with van der Waals surface area (Å²) in [6.07, 6.45) is 2.62. The van der Waals surface area contributed by atoms with Crippen molar-refractivity contribution in [1.82, 2.24) is 15.5 Å². The predicted octanol–water partition coefficient (Wildman–Crippen LogP) is 1.15. The van der Waals surface area contributed by atoms with Crippen LogP contribution in [0.4, 0.5) is 0 Å². The number of carbonyl (C=O) groups excluding carboxylic acids is 1. The summed E-state index contributed by atoms with van der Waals surface area (Å²) in [5.41, 5.74) is 5.24. The van der Waals surface area contributed by atoms with E-state index in [0.29, 0.717) is 44.1 Å². The molecule has 1 amide bonds. The maximum atomic E-state index is 11.5. The first-order chi connectivity index (χ1) is 8.93. The molecule has 0 spiro atoms. The molecule has 0 saturated carbocycles. The minimum Gasteiger partial charge on any atom is -0.356 e.